The van der Waals surface area contributed by atoms with Gasteiger partial charge in [0.25, 0.3) is 5.56 Å². The molecule has 128 valence electrons. The van der Waals surface area contributed by atoms with Crippen LogP contribution in [0.15, 0.2) is 53.6 Å². The van der Waals surface area contributed by atoms with Crippen molar-refractivity contribution in [3.63, 3.8) is 0 Å². The summed E-state index contributed by atoms with van der Waals surface area (Å²) in [7, 11) is 0. The summed E-state index contributed by atoms with van der Waals surface area (Å²) < 4.78 is 1.73. The van der Waals surface area contributed by atoms with Crippen LogP contribution in [-0.4, -0.2) is 27.5 Å². The summed E-state index contributed by atoms with van der Waals surface area (Å²) in [6.45, 7) is 4.51. The van der Waals surface area contributed by atoms with E-state index in [1.165, 1.54) is 16.0 Å². The third kappa shape index (κ3) is 3.30. The van der Waals surface area contributed by atoms with Crippen molar-refractivity contribution in [2.24, 2.45) is 0 Å². The molecule has 5 heteroatoms. The molecule has 0 saturated carbocycles. The highest BCUT2D eigenvalue weighted by Crippen LogP contribution is 2.23. The monoisotopic (exact) mass is 351 g/mol. The largest absolute Gasteiger partial charge is 0.285 e. The lowest BCUT2D eigenvalue weighted by atomic mass is 10.00. The average Bonchev–Trinajstić information content (AvgIpc) is 3.10. The molecule has 25 heavy (non-hydrogen) atoms. The number of aromatic nitrogens is 2. The van der Waals surface area contributed by atoms with E-state index in [1.54, 1.807) is 22.2 Å². The second kappa shape index (κ2) is 6.94. The summed E-state index contributed by atoms with van der Waals surface area (Å²) in [5, 5.41) is 0.752. The van der Waals surface area contributed by atoms with Gasteiger partial charge in [-0.1, -0.05) is 43.3 Å². The van der Waals surface area contributed by atoms with Gasteiger partial charge in [0, 0.05) is 18.0 Å². The van der Waals surface area contributed by atoms with Crippen molar-refractivity contribution in [1.29, 1.82) is 0 Å². The molecule has 0 radical (unpaired) electrons. The normalized spacial score (nSPS) is 15.5. The lowest BCUT2D eigenvalue weighted by Crippen LogP contribution is -2.35. The Morgan fingerprint density at radius 3 is 2.80 bits per heavy atom. The molecule has 0 amide bonds. The number of nitrogens with zero attached hydrogens (tertiary/aromatic N) is 3. The number of rotatable bonds is 4. The zero-order chi connectivity index (χ0) is 17.2. The molecule has 4 nitrogen and oxygen atoms in total. The number of fused-ring (bicyclic) bond motifs is 1. The molecule has 1 aliphatic heterocycles. The Labute approximate surface area is 151 Å². The summed E-state index contributed by atoms with van der Waals surface area (Å²) in [6, 6.07) is 12.5. The Hall–Kier alpha value is -2.24. The van der Waals surface area contributed by atoms with Gasteiger partial charge in [-0.15, -0.1) is 11.3 Å². The zero-order valence-corrected chi connectivity index (χ0v) is 15.1. The maximum absolute atomic E-state index is 12.7. The Morgan fingerprint density at radius 1 is 1.24 bits per heavy atom. The van der Waals surface area contributed by atoms with Crippen molar-refractivity contribution < 1.29 is 0 Å². The Bertz CT molecular complexity index is 972. The first-order valence-corrected chi connectivity index (χ1v) is 9.51. The number of aryl methyl sites for hydroxylation is 1. The van der Waals surface area contributed by atoms with Crippen LogP contribution in [0, 0.1) is 0 Å². The van der Waals surface area contributed by atoms with Crippen LogP contribution in [0.1, 0.15) is 23.8 Å². The van der Waals surface area contributed by atoms with E-state index in [-0.39, 0.29) is 5.56 Å². The minimum absolute atomic E-state index is 0.0683. The lowest BCUT2D eigenvalue weighted by Gasteiger charge is -2.26. The minimum Gasteiger partial charge on any atom is -0.285 e. The summed E-state index contributed by atoms with van der Waals surface area (Å²) in [5.41, 5.74) is 2.76. The fourth-order valence-corrected chi connectivity index (χ4v) is 4.18. The van der Waals surface area contributed by atoms with Crippen molar-refractivity contribution >= 4 is 27.1 Å². The number of hydrogen-bond donors (Lipinski definition) is 0. The molecule has 2 aromatic heterocycles. The van der Waals surface area contributed by atoms with Crippen LogP contribution in [-0.2, 0) is 13.1 Å². The molecule has 0 unspecified atom stereocenters. The Balaban J connectivity index is 1.52. The van der Waals surface area contributed by atoms with Crippen molar-refractivity contribution in [2.45, 2.75) is 26.4 Å². The van der Waals surface area contributed by atoms with Crippen LogP contribution in [0.25, 0.3) is 15.8 Å². The smallest absolute Gasteiger partial charge is 0.263 e. The number of benzene rings is 1. The number of hydrogen-bond acceptors (Lipinski definition) is 4. The third-order valence-electron chi connectivity index (χ3n) is 4.71. The molecular weight excluding hydrogens is 330 g/mol. The van der Waals surface area contributed by atoms with E-state index in [0.717, 1.165) is 36.1 Å². The molecule has 3 aromatic rings. The van der Waals surface area contributed by atoms with Crippen LogP contribution in [0.4, 0.5) is 0 Å². The minimum atomic E-state index is 0.0683. The van der Waals surface area contributed by atoms with E-state index in [1.807, 2.05) is 12.1 Å². The molecule has 0 fully saturated rings. The van der Waals surface area contributed by atoms with Gasteiger partial charge in [0.1, 0.15) is 11.2 Å². The third-order valence-corrected chi connectivity index (χ3v) is 5.90. The summed E-state index contributed by atoms with van der Waals surface area (Å²) in [6.07, 6.45) is 5.92. The fraction of sp³-hybridized carbons (Fsp3) is 0.300. The van der Waals surface area contributed by atoms with Crippen LogP contribution in [0.2, 0.25) is 0 Å². The van der Waals surface area contributed by atoms with E-state index in [4.69, 9.17) is 0 Å². The zero-order valence-electron chi connectivity index (χ0n) is 14.3. The highest BCUT2D eigenvalue weighted by Gasteiger charge is 2.15. The highest BCUT2D eigenvalue weighted by molar-refractivity contribution is 7.18. The Morgan fingerprint density at radius 2 is 2.08 bits per heavy atom. The van der Waals surface area contributed by atoms with Gasteiger partial charge in [0.15, 0.2) is 0 Å². The Kier molecular flexibility index (Phi) is 4.51. The van der Waals surface area contributed by atoms with Crippen LogP contribution >= 0.6 is 11.3 Å². The predicted octanol–water partition coefficient (Wildman–Crippen LogP) is 3.77. The molecule has 0 aliphatic carbocycles. The summed E-state index contributed by atoms with van der Waals surface area (Å²) in [4.78, 5) is 21.5. The van der Waals surface area contributed by atoms with Crippen LogP contribution in [0.5, 0.6) is 0 Å². The first-order chi connectivity index (χ1) is 12.2. The van der Waals surface area contributed by atoms with Gasteiger partial charge in [0.2, 0.25) is 0 Å². The molecule has 0 saturated heterocycles. The molecule has 3 heterocycles. The van der Waals surface area contributed by atoms with E-state index < -0.39 is 0 Å². The van der Waals surface area contributed by atoms with Gasteiger partial charge >= 0.3 is 0 Å². The second-order valence-electron chi connectivity index (χ2n) is 6.37. The van der Waals surface area contributed by atoms with Crippen LogP contribution in [0.3, 0.4) is 0 Å². The van der Waals surface area contributed by atoms with Gasteiger partial charge in [-0.2, -0.15) is 0 Å². The molecule has 0 N–H and O–H groups in total. The molecule has 0 spiro atoms. The van der Waals surface area contributed by atoms with Crippen molar-refractivity contribution in [2.75, 3.05) is 13.1 Å². The van der Waals surface area contributed by atoms with Gasteiger partial charge in [-0.05, 0) is 30.0 Å². The van der Waals surface area contributed by atoms with E-state index in [0.29, 0.717) is 6.67 Å². The van der Waals surface area contributed by atoms with E-state index in [2.05, 4.69) is 47.1 Å². The predicted molar refractivity (Wildman–Crippen MR) is 104 cm³/mol. The van der Waals surface area contributed by atoms with E-state index in [9.17, 15) is 4.79 Å². The first kappa shape index (κ1) is 16.2. The summed E-state index contributed by atoms with van der Waals surface area (Å²) in [5.74, 6) is 0. The average molecular weight is 351 g/mol. The highest BCUT2D eigenvalue weighted by atomic mass is 32.1. The lowest BCUT2D eigenvalue weighted by molar-refractivity contribution is 0.236. The quantitative estimate of drug-likeness (QED) is 0.718. The van der Waals surface area contributed by atoms with Crippen molar-refractivity contribution in [3.05, 3.63) is 69.6 Å². The van der Waals surface area contributed by atoms with Gasteiger partial charge in [-0.3, -0.25) is 14.3 Å². The maximum atomic E-state index is 12.7. The number of thiophene rings is 1. The summed E-state index contributed by atoms with van der Waals surface area (Å²) >= 11 is 1.62. The SMILES string of the molecule is CCc1cc2c(=O)n(CN3CC=C(c4ccccc4)CC3)cnc2s1. The second-order valence-corrected chi connectivity index (χ2v) is 7.48. The first-order valence-electron chi connectivity index (χ1n) is 8.69. The van der Waals surface area contributed by atoms with Gasteiger partial charge < -0.3 is 0 Å². The molecule has 4 rings (SSSR count). The van der Waals surface area contributed by atoms with Gasteiger partial charge in [-0.25, -0.2) is 4.98 Å². The maximum Gasteiger partial charge on any atom is 0.263 e. The van der Waals surface area contributed by atoms with E-state index >= 15 is 0 Å². The molecular formula is C20H21N3OS. The van der Waals surface area contributed by atoms with Gasteiger partial charge in [0.05, 0.1) is 12.1 Å². The topological polar surface area (TPSA) is 38.1 Å². The molecule has 0 atom stereocenters. The molecule has 1 aromatic carbocycles. The van der Waals surface area contributed by atoms with Crippen molar-refractivity contribution in [1.82, 2.24) is 14.5 Å². The fourth-order valence-electron chi connectivity index (χ4n) is 3.25. The molecule has 1 aliphatic rings. The molecule has 0 bridgehead atoms. The standard InChI is InChI=1S/C20H21N3OS/c1-2-17-12-18-19(25-17)21-13-23(20(18)24)14-22-10-8-16(9-11-22)15-6-4-3-5-7-15/h3-8,12-13H,2,9-11,14H2,1H3. The van der Waals surface area contributed by atoms with Crippen molar-refractivity contribution in [3.8, 4) is 0 Å². The van der Waals surface area contributed by atoms with Crippen LogP contribution < -0.4 is 5.56 Å².